The zero-order chi connectivity index (χ0) is 12.0. The van der Waals surface area contributed by atoms with Crippen LogP contribution in [0.15, 0.2) is 0 Å². The highest BCUT2D eigenvalue weighted by molar-refractivity contribution is 4.80. The maximum absolute atomic E-state index is 9.32. The van der Waals surface area contributed by atoms with Crippen molar-refractivity contribution in [2.75, 3.05) is 26.3 Å². The molecule has 16 heavy (non-hydrogen) atoms. The molecule has 1 rings (SSSR count). The molecular weight excluding hydrogens is 202 g/mol. The Bertz CT molecular complexity index is 188. The molecule has 0 amide bonds. The Balaban J connectivity index is 2.51. The Labute approximate surface area is 99.5 Å². The van der Waals surface area contributed by atoms with Crippen LogP contribution < -0.4 is 0 Å². The van der Waals surface area contributed by atoms with Gasteiger partial charge in [-0.2, -0.15) is 0 Å². The predicted molar refractivity (Wildman–Crippen MR) is 66.4 cm³/mol. The molecule has 0 aliphatic heterocycles. The standard InChI is InChI=1S/C13H27NO2/c1-13(2,11-16)10-14(8-9-15)12-6-4-3-5-7-12/h12,15-16H,3-11H2,1-2H3. The van der Waals surface area contributed by atoms with E-state index >= 15 is 0 Å². The van der Waals surface area contributed by atoms with Crippen molar-refractivity contribution in [3.8, 4) is 0 Å². The minimum atomic E-state index is -0.0629. The van der Waals surface area contributed by atoms with Crippen LogP contribution in [0, 0.1) is 5.41 Å². The molecule has 1 aliphatic rings. The lowest BCUT2D eigenvalue weighted by Crippen LogP contribution is -2.45. The third-order valence-electron chi connectivity index (χ3n) is 3.54. The molecule has 1 aliphatic carbocycles. The average molecular weight is 229 g/mol. The highest BCUT2D eigenvalue weighted by Crippen LogP contribution is 2.25. The zero-order valence-corrected chi connectivity index (χ0v) is 10.8. The molecule has 3 heteroatoms. The fraction of sp³-hybridized carbons (Fsp3) is 1.00. The first-order chi connectivity index (χ1) is 7.59. The molecule has 0 bridgehead atoms. The van der Waals surface area contributed by atoms with Crippen molar-refractivity contribution in [3.63, 3.8) is 0 Å². The third-order valence-corrected chi connectivity index (χ3v) is 3.54. The van der Waals surface area contributed by atoms with Gasteiger partial charge < -0.3 is 10.2 Å². The van der Waals surface area contributed by atoms with E-state index in [1.165, 1.54) is 32.1 Å². The van der Waals surface area contributed by atoms with Crippen molar-refractivity contribution in [2.24, 2.45) is 5.41 Å². The van der Waals surface area contributed by atoms with Gasteiger partial charge in [0.05, 0.1) is 6.61 Å². The van der Waals surface area contributed by atoms with Crippen LogP contribution >= 0.6 is 0 Å². The zero-order valence-electron chi connectivity index (χ0n) is 10.8. The summed E-state index contributed by atoms with van der Waals surface area (Å²) < 4.78 is 0. The summed E-state index contributed by atoms with van der Waals surface area (Å²) in [7, 11) is 0. The van der Waals surface area contributed by atoms with Crippen LogP contribution in [-0.2, 0) is 0 Å². The van der Waals surface area contributed by atoms with Gasteiger partial charge in [-0.3, -0.25) is 4.90 Å². The summed E-state index contributed by atoms with van der Waals surface area (Å²) in [5.74, 6) is 0. The van der Waals surface area contributed by atoms with Gasteiger partial charge >= 0.3 is 0 Å². The Morgan fingerprint density at radius 2 is 1.75 bits per heavy atom. The summed E-state index contributed by atoms with van der Waals surface area (Å²) in [6.45, 7) is 6.23. The summed E-state index contributed by atoms with van der Waals surface area (Å²) >= 11 is 0. The number of hydrogen-bond acceptors (Lipinski definition) is 3. The number of hydrogen-bond donors (Lipinski definition) is 2. The summed E-state index contributed by atoms with van der Waals surface area (Å²) in [5.41, 5.74) is -0.0629. The van der Waals surface area contributed by atoms with Gasteiger partial charge in [0.2, 0.25) is 0 Å². The van der Waals surface area contributed by atoms with E-state index < -0.39 is 0 Å². The topological polar surface area (TPSA) is 43.7 Å². The summed E-state index contributed by atoms with van der Waals surface area (Å²) in [4.78, 5) is 2.37. The lowest BCUT2D eigenvalue weighted by molar-refractivity contribution is 0.0536. The first-order valence-corrected chi connectivity index (χ1v) is 6.55. The SMILES string of the molecule is CC(C)(CO)CN(CCO)C1CCCCC1. The quantitative estimate of drug-likeness (QED) is 0.727. The molecule has 0 radical (unpaired) electrons. The van der Waals surface area contributed by atoms with Gasteiger partial charge in [-0.25, -0.2) is 0 Å². The van der Waals surface area contributed by atoms with Crippen molar-refractivity contribution in [1.29, 1.82) is 0 Å². The molecule has 0 aromatic carbocycles. The van der Waals surface area contributed by atoms with E-state index in [1.807, 2.05) is 0 Å². The van der Waals surface area contributed by atoms with Crippen LogP contribution in [0.4, 0.5) is 0 Å². The first kappa shape index (κ1) is 13.9. The van der Waals surface area contributed by atoms with Crippen LogP contribution in [-0.4, -0.2) is 47.5 Å². The fourth-order valence-electron chi connectivity index (χ4n) is 2.57. The summed E-state index contributed by atoms with van der Waals surface area (Å²) in [5, 5.41) is 18.5. The summed E-state index contributed by atoms with van der Waals surface area (Å²) in [6.07, 6.45) is 6.48. The molecule has 0 heterocycles. The minimum absolute atomic E-state index is 0.0629. The van der Waals surface area contributed by atoms with Gasteiger partial charge in [-0.1, -0.05) is 33.1 Å². The molecule has 96 valence electrons. The molecule has 0 atom stereocenters. The Morgan fingerprint density at radius 1 is 1.12 bits per heavy atom. The van der Waals surface area contributed by atoms with Gasteiger partial charge in [-0.15, -0.1) is 0 Å². The number of rotatable bonds is 6. The minimum Gasteiger partial charge on any atom is -0.396 e. The second-order valence-corrected chi connectivity index (χ2v) is 5.81. The molecule has 1 fully saturated rings. The fourth-order valence-corrected chi connectivity index (χ4v) is 2.57. The highest BCUT2D eigenvalue weighted by atomic mass is 16.3. The molecule has 1 saturated carbocycles. The van der Waals surface area contributed by atoms with Crippen molar-refractivity contribution in [2.45, 2.75) is 52.0 Å². The molecule has 0 spiro atoms. The molecule has 0 saturated heterocycles. The smallest absolute Gasteiger partial charge is 0.0558 e. The Hall–Kier alpha value is -0.120. The Morgan fingerprint density at radius 3 is 2.25 bits per heavy atom. The van der Waals surface area contributed by atoms with E-state index in [2.05, 4.69) is 18.7 Å². The van der Waals surface area contributed by atoms with Crippen molar-refractivity contribution in [3.05, 3.63) is 0 Å². The van der Waals surface area contributed by atoms with E-state index in [-0.39, 0.29) is 18.6 Å². The monoisotopic (exact) mass is 229 g/mol. The largest absolute Gasteiger partial charge is 0.396 e. The molecule has 0 aromatic rings. The van der Waals surface area contributed by atoms with Gasteiger partial charge in [0.25, 0.3) is 0 Å². The van der Waals surface area contributed by atoms with Crippen LogP contribution in [0.25, 0.3) is 0 Å². The predicted octanol–water partition coefficient (Wildman–Crippen LogP) is 1.63. The highest BCUT2D eigenvalue weighted by Gasteiger charge is 2.26. The van der Waals surface area contributed by atoms with E-state index in [4.69, 9.17) is 5.11 Å². The number of aliphatic hydroxyl groups is 2. The molecule has 2 N–H and O–H groups in total. The summed E-state index contributed by atoms with van der Waals surface area (Å²) in [6, 6.07) is 0.617. The van der Waals surface area contributed by atoms with Crippen LogP contribution in [0.3, 0.4) is 0 Å². The van der Waals surface area contributed by atoms with Gasteiger partial charge in [-0.05, 0) is 12.8 Å². The van der Waals surface area contributed by atoms with Crippen LogP contribution in [0.1, 0.15) is 46.0 Å². The molecule has 3 nitrogen and oxygen atoms in total. The van der Waals surface area contributed by atoms with Crippen molar-refractivity contribution < 1.29 is 10.2 Å². The molecule has 0 aromatic heterocycles. The van der Waals surface area contributed by atoms with Crippen LogP contribution in [0.5, 0.6) is 0 Å². The second kappa shape index (κ2) is 6.58. The van der Waals surface area contributed by atoms with Crippen molar-refractivity contribution in [1.82, 2.24) is 4.90 Å². The second-order valence-electron chi connectivity index (χ2n) is 5.81. The maximum Gasteiger partial charge on any atom is 0.0558 e. The lowest BCUT2D eigenvalue weighted by atomic mass is 9.89. The van der Waals surface area contributed by atoms with E-state index in [0.717, 1.165) is 13.1 Å². The lowest BCUT2D eigenvalue weighted by Gasteiger charge is -2.38. The van der Waals surface area contributed by atoms with E-state index in [9.17, 15) is 5.11 Å². The third kappa shape index (κ3) is 4.40. The first-order valence-electron chi connectivity index (χ1n) is 6.55. The molecular formula is C13H27NO2. The average Bonchev–Trinajstić information content (AvgIpc) is 2.29. The number of nitrogens with zero attached hydrogens (tertiary/aromatic N) is 1. The number of aliphatic hydroxyl groups excluding tert-OH is 2. The molecule has 0 unspecified atom stereocenters. The Kier molecular flexibility index (Phi) is 5.73. The van der Waals surface area contributed by atoms with Crippen LogP contribution in [0.2, 0.25) is 0 Å². The normalized spacial score (nSPS) is 19.3. The van der Waals surface area contributed by atoms with Gasteiger partial charge in [0.15, 0.2) is 0 Å². The maximum atomic E-state index is 9.32. The van der Waals surface area contributed by atoms with Crippen molar-refractivity contribution >= 4 is 0 Å². The van der Waals surface area contributed by atoms with Gasteiger partial charge in [0, 0.05) is 31.2 Å². The van der Waals surface area contributed by atoms with E-state index in [1.54, 1.807) is 0 Å². The van der Waals surface area contributed by atoms with E-state index in [0.29, 0.717) is 6.04 Å². The van der Waals surface area contributed by atoms with Gasteiger partial charge in [0.1, 0.15) is 0 Å².